The number of aromatic nitrogens is 3. The molecule has 0 aliphatic carbocycles. The molecule has 0 N–H and O–H groups in total. The number of benzene rings is 2. The van der Waals surface area contributed by atoms with E-state index in [4.69, 9.17) is 0 Å². The molecule has 1 fully saturated rings. The van der Waals surface area contributed by atoms with Gasteiger partial charge in [0.05, 0.1) is 22.3 Å². The number of aryl methyl sites for hydroxylation is 1. The third-order valence-electron chi connectivity index (χ3n) is 6.76. The van der Waals surface area contributed by atoms with Crippen LogP contribution >= 0.6 is 0 Å². The molecule has 2 aromatic carbocycles. The quantitative estimate of drug-likeness (QED) is 0.375. The fourth-order valence-electron chi connectivity index (χ4n) is 5.01. The van der Waals surface area contributed by atoms with Gasteiger partial charge in [-0.2, -0.15) is 9.40 Å². The van der Waals surface area contributed by atoms with E-state index in [1.54, 1.807) is 33.4 Å². The fourth-order valence-corrected chi connectivity index (χ4v) is 6.69. The Morgan fingerprint density at radius 2 is 1.91 bits per heavy atom. The van der Waals surface area contributed by atoms with Crippen LogP contribution in [0, 0.1) is 5.82 Å². The smallest absolute Gasteiger partial charge is 0.244 e. The Morgan fingerprint density at radius 1 is 1.12 bits per heavy atom. The Morgan fingerprint density at radius 3 is 2.65 bits per heavy atom. The molecule has 2 atom stereocenters. The van der Waals surface area contributed by atoms with E-state index in [2.05, 4.69) is 24.2 Å². The summed E-state index contributed by atoms with van der Waals surface area (Å²) in [5.41, 5.74) is 2.97. The molecular formula is C26H29FN4O2S. The van der Waals surface area contributed by atoms with Crippen LogP contribution in [0.3, 0.4) is 0 Å². The lowest BCUT2D eigenvalue weighted by Crippen LogP contribution is -2.43. The maximum atomic E-state index is 13.3. The summed E-state index contributed by atoms with van der Waals surface area (Å²) >= 11 is 0. The summed E-state index contributed by atoms with van der Waals surface area (Å²) in [6.07, 6.45) is 7.91. The highest BCUT2D eigenvalue weighted by molar-refractivity contribution is 7.89. The van der Waals surface area contributed by atoms with Gasteiger partial charge in [-0.15, -0.1) is 0 Å². The van der Waals surface area contributed by atoms with Crippen molar-refractivity contribution >= 4 is 20.9 Å². The summed E-state index contributed by atoms with van der Waals surface area (Å²) in [7, 11) is -3.51. The average molecular weight is 481 g/mol. The molecule has 5 rings (SSSR count). The van der Waals surface area contributed by atoms with E-state index in [9.17, 15) is 12.8 Å². The van der Waals surface area contributed by atoms with Gasteiger partial charge in [0.1, 0.15) is 5.82 Å². The van der Waals surface area contributed by atoms with Crippen molar-refractivity contribution in [1.29, 1.82) is 0 Å². The molecule has 0 amide bonds. The molecule has 34 heavy (non-hydrogen) atoms. The number of rotatable bonds is 6. The van der Waals surface area contributed by atoms with E-state index in [1.165, 1.54) is 17.7 Å². The molecule has 6 nitrogen and oxygen atoms in total. The van der Waals surface area contributed by atoms with Gasteiger partial charge < -0.3 is 4.57 Å². The van der Waals surface area contributed by atoms with Crippen LogP contribution in [0.2, 0.25) is 0 Å². The molecular weight excluding hydrogens is 451 g/mol. The van der Waals surface area contributed by atoms with Crippen molar-refractivity contribution in [2.75, 3.05) is 6.54 Å². The lowest BCUT2D eigenvalue weighted by molar-refractivity contribution is 0.246. The second-order valence-corrected chi connectivity index (χ2v) is 11.0. The average Bonchev–Trinajstić information content (AvgIpc) is 3.47. The molecule has 4 aromatic rings. The zero-order valence-electron chi connectivity index (χ0n) is 19.4. The van der Waals surface area contributed by atoms with Crippen LogP contribution in [0.5, 0.6) is 0 Å². The monoisotopic (exact) mass is 480 g/mol. The zero-order valence-corrected chi connectivity index (χ0v) is 20.2. The molecule has 2 aromatic heterocycles. The van der Waals surface area contributed by atoms with Crippen molar-refractivity contribution in [2.45, 2.75) is 56.5 Å². The van der Waals surface area contributed by atoms with Crippen molar-refractivity contribution in [2.24, 2.45) is 0 Å². The summed E-state index contributed by atoms with van der Waals surface area (Å²) in [4.78, 5) is 0.376. The number of piperidine rings is 1. The normalized spacial score (nSPS) is 19.6. The molecule has 3 heterocycles. The number of hydrogen-bond donors (Lipinski definition) is 0. The van der Waals surface area contributed by atoms with Gasteiger partial charge in [0, 0.05) is 36.9 Å². The van der Waals surface area contributed by atoms with Gasteiger partial charge in [-0.1, -0.05) is 13.0 Å². The molecule has 8 heteroatoms. The number of sulfonamides is 1. The van der Waals surface area contributed by atoms with Crippen LogP contribution < -0.4 is 0 Å². The largest absolute Gasteiger partial charge is 0.353 e. The first kappa shape index (κ1) is 22.8. The van der Waals surface area contributed by atoms with E-state index >= 15 is 0 Å². The Balaban J connectivity index is 1.34. The number of nitrogens with zero attached hydrogens (tertiary/aromatic N) is 4. The van der Waals surface area contributed by atoms with E-state index in [-0.39, 0.29) is 17.8 Å². The van der Waals surface area contributed by atoms with Crippen LogP contribution in [-0.4, -0.2) is 39.7 Å². The molecule has 0 bridgehead atoms. The maximum Gasteiger partial charge on any atom is 0.244 e. The predicted molar refractivity (Wildman–Crippen MR) is 131 cm³/mol. The van der Waals surface area contributed by atoms with Crippen LogP contribution in [0.4, 0.5) is 4.39 Å². The van der Waals surface area contributed by atoms with Crippen molar-refractivity contribution in [1.82, 2.24) is 18.7 Å². The van der Waals surface area contributed by atoms with Crippen LogP contribution in [0.25, 0.3) is 16.6 Å². The van der Waals surface area contributed by atoms with Gasteiger partial charge in [-0.25, -0.2) is 17.5 Å². The van der Waals surface area contributed by atoms with Crippen molar-refractivity contribution in [3.05, 3.63) is 78.5 Å². The molecule has 1 saturated heterocycles. The van der Waals surface area contributed by atoms with Gasteiger partial charge >= 0.3 is 0 Å². The minimum atomic E-state index is -3.51. The molecule has 1 aliphatic heterocycles. The van der Waals surface area contributed by atoms with Gasteiger partial charge in [0.25, 0.3) is 0 Å². The lowest BCUT2D eigenvalue weighted by atomic mass is 9.86. The number of halogens is 1. The second-order valence-electron chi connectivity index (χ2n) is 9.12. The summed E-state index contributed by atoms with van der Waals surface area (Å²) in [6.45, 7) is 5.39. The van der Waals surface area contributed by atoms with Crippen molar-refractivity contribution in [3.63, 3.8) is 0 Å². The number of hydrogen-bond acceptors (Lipinski definition) is 3. The summed E-state index contributed by atoms with van der Waals surface area (Å²) < 4.78 is 45.2. The highest BCUT2D eigenvalue weighted by Gasteiger charge is 2.35. The van der Waals surface area contributed by atoms with Gasteiger partial charge in [0.2, 0.25) is 10.0 Å². The van der Waals surface area contributed by atoms with E-state index in [0.717, 1.165) is 42.4 Å². The Hall–Kier alpha value is -2.97. The van der Waals surface area contributed by atoms with E-state index in [1.807, 2.05) is 30.0 Å². The van der Waals surface area contributed by atoms with E-state index < -0.39 is 10.0 Å². The zero-order chi connectivity index (χ0) is 23.9. The van der Waals surface area contributed by atoms with E-state index in [0.29, 0.717) is 11.4 Å². The molecule has 0 saturated carbocycles. The molecule has 1 aliphatic rings. The third-order valence-corrected chi connectivity index (χ3v) is 8.76. The first-order valence-electron chi connectivity index (χ1n) is 11.8. The first-order chi connectivity index (χ1) is 16.4. The van der Waals surface area contributed by atoms with Gasteiger partial charge in [-0.3, -0.25) is 0 Å². The summed E-state index contributed by atoms with van der Waals surface area (Å²) in [6, 6.07) is 14.2. The highest BCUT2D eigenvalue weighted by atomic mass is 32.2. The minimum Gasteiger partial charge on any atom is -0.353 e. The summed E-state index contributed by atoms with van der Waals surface area (Å²) in [5.74, 6) is 0.00761. The number of fused-ring (bicyclic) bond motifs is 1. The maximum absolute atomic E-state index is 13.3. The van der Waals surface area contributed by atoms with Crippen LogP contribution in [0.1, 0.15) is 44.6 Å². The third kappa shape index (κ3) is 4.16. The Labute approximate surface area is 199 Å². The van der Waals surface area contributed by atoms with Crippen molar-refractivity contribution in [3.8, 4) is 5.69 Å². The molecule has 0 unspecified atom stereocenters. The standard InChI is InChI=1S/C26H29FN4O2S/c1-3-12-29-13-11-25(18-29)34(32,33)30-14-10-21(15-19(30)2)20-4-9-26-22(16-20)17-28-31(26)24-7-5-23(27)6-8-24/h4-9,11,13,16-19,21H,3,10,12,14-15H2,1-2H3/t19-,21+/m1/s1. The predicted octanol–water partition coefficient (Wildman–Crippen LogP) is 5.33. The first-order valence-corrected chi connectivity index (χ1v) is 13.2. The minimum absolute atomic E-state index is 0.0871. The fraction of sp³-hybridized carbons (Fsp3) is 0.346. The topological polar surface area (TPSA) is 60.1 Å². The van der Waals surface area contributed by atoms with Gasteiger partial charge in [0.15, 0.2) is 0 Å². The Kier molecular flexibility index (Phi) is 6.04. The van der Waals surface area contributed by atoms with Crippen molar-refractivity contribution < 1.29 is 12.8 Å². The lowest BCUT2D eigenvalue weighted by Gasteiger charge is -2.36. The molecule has 0 radical (unpaired) electrons. The van der Waals surface area contributed by atoms with Gasteiger partial charge in [-0.05, 0) is 80.1 Å². The second kappa shape index (κ2) is 9.00. The summed E-state index contributed by atoms with van der Waals surface area (Å²) in [5, 5.41) is 5.51. The molecule has 178 valence electrons. The Bertz CT molecular complexity index is 1410. The van der Waals surface area contributed by atoms with Crippen LogP contribution in [0.15, 0.2) is 72.0 Å². The molecule has 0 spiro atoms. The SMILES string of the molecule is CCCn1ccc(S(=O)(=O)N2CC[C@H](c3ccc4c(cnn4-c4ccc(F)cc4)c3)C[C@H]2C)c1. The van der Waals surface area contributed by atoms with Crippen LogP contribution in [-0.2, 0) is 16.6 Å². The highest BCUT2D eigenvalue weighted by Crippen LogP contribution is 2.36.